The minimum Gasteiger partial charge on any atom is -0.310 e. The number of anilines is 5. The summed E-state index contributed by atoms with van der Waals surface area (Å²) in [5, 5.41) is 5.16. The van der Waals surface area contributed by atoms with Crippen LogP contribution in [0.4, 0.5) is 28.4 Å². The van der Waals surface area contributed by atoms with Crippen molar-refractivity contribution in [2.45, 2.75) is 6.92 Å². The molecule has 0 aliphatic heterocycles. The van der Waals surface area contributed by atoms with Crippen LogP contribution in [0.2, 0.25) is 0 Å². The second kappa shape index (κ2) is 14.1. The fourth-order valence-electron chi connectivity index (χ4n) is 7.32. The lowest BCUT2D eigenvalue weighted by Crippen LogP contribution is -2.16. The van der Waals surface area contributed by atoms with Crippen LogP contribution in [0.3, 0.4) is 0 Å². The van der Waals surface area contributed by atoms with E-state index in [9.17, 15) is 0 Å². The van der Waals surface area contributed by atoms with Gasteiger partial charge in [-0.15, -0.1) is 22.7 Å². The summed E-state index contributed by atoms with van der Waals surface area (Å²) in [6.07, 6.45) is 8.24. The van der Waals surface area contributed by atoms with Crippen molar-refractivity contribution in [2.24, 2.45) is 0 Å². The molecule has 0 saturated heterocycles. The summed E-state index contributed by atoms with van der Waals surface area (Å²) in [6, 6.07) is 59.2. The normalized spacial score (nSPS) is 11.8. The minimum absolute atomic E-state index is 0.878. The zero-order chi connectivity index (χ0) is 35.7. The quantitative estimate of drug-likeness (QED) is 0.137. The van der Waals surface area contributed by atoms with Crippen LogP contribution in [-0.2, 0) is 0 Å². The van der Waals surface area contributed by atoms with Crippen LogP contribution in [0, 0.1) is 0 Å². The van der Waals surface area contributed by atoms with E-state index in [-0.39, 0.29) is 0 Å². The maximum Gasteiger partial charge on any atom is 0.0540 e. The summed E-state index contributed by atoms with van der Waals surface area (Å²) in [7, 11) is 0. The molecule has 0 atom stereocenters. The molecule has 0 bridgehead atoms. The van der Waals surface area contributed by atoms with Gasteiger partial charge in [0.2, 0.25) is 0 Å². The molecule has 0 spiro atoms. The number of hydrogen-bond donors (Lipinski definition) is 0. The molecule has 0 saturated carbocycles. The van der Waals surface area contributed by atoms with Crippen LogP contribution >= 0.6 is 22.7 Å². The summed E-state index contributed by atoms with van der Waals surface area (Å²) in [5.41, 5.74) is 8.56. The number of nitrogens with zero attached hydrogens (tertiary/aromatic N) is 2. The van der Waals surface area contributed by atoms with Gasteiger partial charge in [-0.25, -0.2) is 0 Å². The highest BCUT2D eigenvalue weighted by atomic mass is 32.1. The van der Waals surface area contributed by atoms with Gasteiger partial charge in [0.15, 0.2) is 0 Å². The molecule has 2 nitrogen and oxygen atoms in total. The first kappa shape index (κ1) is 32.7. The Bertz CT molecular complexity index is 2840. The van der Waals surface area contributed by atoms with Crippen LogP contribution in [0.5, 0.6) is 0 Å². The van der Waals surface area contributed by atoms with Gasteiger partial charge in [-0.05, 0) is 73.7 Å². The monoisotopic (exact) mass is 716 g/mol. The second-order valence-corrected chi connectivity index (χ2v) is 15.1. The Labute approximate surface area is 318 Å². The van der Waals surface area contributed by atoms with Crippen LogP contribution in [-0.4, -0.2) is 0 Å². The average molecular weight is 717 g/mol. The van der Waals surface area contributed by atoms with Gasteiger partial charge >= 0.3 is 0 Å². The molecule has 0 amide bonds. The van der Waals surface area contributed by atoms with Crippen LogP contribution in [0.1, 0.15) is 6.92 Å². The van der Waals surface area contributed by atoms with Gasteiger partial charge < -0.3 is 9.80 Å². The summed E-state index contributed by atoms with van der Waals surface area (Å²) in [5.74, 6) is 0. The van der Waals surface area contributed by atoms with E-state index in [1.807, 2.05) is 41.7 Å². The van der Waals surface area contributed by atoms with Gasteiger partial charge in [0.25, 0.3) is 0 Å². The number of hydrogen-bond acceptors (Lipinski definition) is 4. The van der Waals surface area contributed by atoms with Crippen LogP contribution < -0.4 is 9.80 Å². The van der Waals surface area contributed by atoms with Crippen molar-refractivity contribution in [3.8, 4) is 11.1 Å². The lowest BCUT2D eigenvalue weighted by molar-refractivity contribution is 1.22. The van der Waals surface area contributed by atoms with E-state index in [1.165, 1.54) is 40.3 Å². The molecule has 0 radical (unpaired) electrons. The Balaban J connectivity index is 1.23. The van der Waals surface area contributed by atoms with E-state index in [0.29, 0.717) is 0 Å². The Morgan fingerprint density at radius 3 is 1.64 bits per heavy atom. The molecule has 0 fully saturated rings. The van der Waals surface area contributed by atoms with E-state index in [2.05, 4.69) is 192 Å². The molecular weight excluding hydrogens is 681 g/mol. The minimum atomic E-state index is 0.878. The van der Waals surface area contributed by atoms with Gasteiger partial charge in [-0.3, -0.25) is 0 Å². The smallest absolute Gasteiger partial charge is 0.0540 e. The predicted octanol–water partition coefficient (Wildman–Crippen LogP) is 15.3. The molecule has 2 aromatic heterocycles. The summed E-state index contributed by atoms with van der Waals surface area (Å²) in [6.45, 7) is 6.67. The third-order valence-corrected chi connectivity index (χ3v) is 12.0. The summed E-state index contributed by atoms with van der Waals surface area (Å²) in [4.78, 5) is 4.69. The highest BCUT2D eigenvalue weighted by Gasteiger charge is 2.23. The van der Waals surface area contributed by atoms with Gasteiger partial charge in [0.05, 0.1) is 11.4 Å². The van der Waals surface area contributed by atoms with E-state index in [1.54, 1.807) is 0 Å². The van der Waals surface area contributed by atoms with Crippen molar-refractivity contribution in [3.05, 3.63) is 200 Å². The molecule has 254 valence electrons. The third kappa shape index (κ3) is 6.02. The van der Waals surface area contributed by atoms with Crippen molar-refractivity contribution in [1.82, 2.24) is 0 Å². The number of fused-ring (bicyclic) bond motifs is 6. The molecule has 7 aromatic carbocycles. The molecule has 0 N–H and O–H groups in total. The number of benzene rings is 7. The van der Waals surface area contributed by atoms with E-state index in [4.69, 9.17) is 0 Å². The van der Waals surface area contributed by atoms with Crippen molar-refractivity contribution < 1.29 is 0 Å². The molecule has 0 aliphatic carbocycles. The maximum absolute atomic E-state index is 4.64. The molecule has 9 aromatic rings. The van der Waals surface area contributed by atoms with Crippen LogP contribution in [0.15, 0.2) is 200 Å². The number of thiophene rings is 2. The highest BCUT2D eigenvalue weighted by molar-refractivity contribution is 7.26. The lowest BCUT2D eigenvalue weighted by atomic mass is 9.98. The molecular formula is C49H36N2S2. The van der Waals surface area contributed by atoms with Crippen molar-refractivity contribution in [3.63, 3.8) is 0 Å². The largest absolute Gasteiger partial charge is 0.310 e. The molecule has 2 heterocycles. The first-order valence-corrected chi connectivity index (χ1v) is 19.5. The topological polar surface area (TPSA) is 6.48 Å². The molecule has 9 rings (SSSR count). The maximum atomic E-state index is 4.64. The van der Waals surface area contributed by atoms with Gasteiger partial charge in [-0.2, -0.15) is 0 Å². The Morgan fingerprint density at radius 1 is 0.472 bits per heavy atom. The SMILES string of the molecule is C=C(/C=C\C=C/C)N(c1ccc2c(c1)sc1ccccc12)c1ccccc1-c1ccccc1N(c1ccccc1)c1ccc2c(c1)sc1ccccc12. The highest BCUT2D eigenvalue weighted by Crippen LogP contribution is 2.47. The molecule has 4 heteroatoms. The predicted molar refractivity (Wildman–Crippen MR) is 234 cm³/mol. The number of para-hydroxylation sites is 3. The Hall–Kier alpha value is -6.20. The fraction of sp³-hybridized carbons (Fsp3) is 0.0204. The third-order valence-electron chi connectivity index (χ3n) is 9.71. The molecule has 0 unspecified atom stereocenters. The van der Waals surface area contributed by atoms with Gasteiger partial charge in [0.1, 0.15) is 0 Å². The van der Waals surface area contributed by atoms with E-state index >= 15 is 0 Å². The standard InChI is InChI=1S/C49H36N2S2/c1-3-4-6-17-34(2)50(36-28-30-42-40-22-11-15-26-46(40)52-48(42)32-36)44-24-13-9-20-38(44)39-21-10-14-25-45(39)51(35-18-7-5-8-19-35)37-29-31-43-41-23-12-16-27-47(41)53-49(43)33-37/h3-33H,2H2,1H3/b4-3-,17-6-. The van der Waals surface area contributed by atoms with E-state index < -0.39 is 0 Å². The van der Waals surface area contributed by atoms with Gasteiger partial charge in [-0.1, -0.05) is 128 Å². The van der Waals surface area contributed by atoms with Crippen molar-refractivity contribution in [1.29, 1.82) is 0 Å². The molecule has 0 aliphatic rings. The lowest BCUT2D eigenvalue weighted by Gasteiger charge is -2.31. The zero-order valence-electron chi connectivity index (χ0n) is 29.3. The van der Waals surface area contributed by atoms with Crippen molar-refractivity contribution >= 4 is 91.5 Å². The fourth-order valence-corrected chi connectivity index (χ4v) is 9.59. The van der Waals surface area contributed by atoms with Crippen molar-refractivity contribution in [2.75, 3.05) is 9.80 Å². The number of rotatable bonds is 9. The van der Waals surface area contributed by atoms with Gasteiger partial charge in [0, 0.05) is 74.2 Å². The van der Waals surface area contributed by atoms with Crippen LogP contribution in [0.25, 0.3) is 51.5 Å². The molecule has 53 heavy (non-hydrogen) atoms. The first-order chi connectivity index (χ1) is 26.2. The summed E-state index contributed by atoms with van der Waals surface area (Å²) >= 11 is 3.68. The number of allylic oxidation sites excluding steroid dienone is 4. The summed E-state index contributed by atoms with van der Waals surface area (Å²) < 4.78 is 5.12. The first-order valence-electron chi connectivity index (χ1n) is 17.8. The second-order valence-electron chi connectivity index (χ2n) is 13.0. The average Bonchev–Trinajstić information content (AvgIpc) is 3.77. The Kier molecular flexibility index (Phi) is 8.68. The zero-order valence-corrected chi connectivity index (χ0v) is 30.9. The Morgan fingerprint density at radius 2 is 0.981 bits per heavy atom. The van der Waals surface area contributed by atoms with E-state index in [0.717, 1.165) is 45.3 Å².